The largest absolute Gasteiger partial charge is 0.493 e. The van der Waals surface area contributed by atoms with E-state index >= 15 is 0 Å². The Morgan fingerprint density at radius 2 is 1.38 bits per heavy atom. The SMILES string of the molecule is CCOc1cccc2c1C(O)c1c(OCC)cccc1O2. The smallest absolute Gasteiger partial charge is 0.137 e. The van der Waals surface area contributed by atoms with Gasteiger partial charge >= 0.3 is 0 Å². The first-order chi connectivity index (χ1) is 10.3. The monoisotopic (exact) mass is 286 g/mol. The molecule has 110 valence electrons. The Morgan fingerprint density at radius 1 is 0.905 bits per heavy atom. The quantitative estimate of drug-likeness (QED) is 0.931. The fraction of sp³-hybridized carbons (Fsp3) is 0.294. The topological polar surface area (TPSA) is 47.9 Å². The Bertz CT molecular complexity index is 596. The predicted octanol–water partition coefficient (Wildman–Crippen LogP) is 3.67. The van der Waals surface area contributed by atoms with Crippen molar-refractivity contribution in [1.29, 1.82) is 0 Å². The molecule has 1 heterocycles. The third kappa shape index (κ3) is 2.32. The average Bonchev–Trinajstić information content (AvgIpc) is 2.48. The van der Waals surface area contributed by atoms with Gasteiger partial charge in [-0.25, -0.2) is 0 Å². The molecular formula is C17H18O4. The number of hydrogen-bond donors (Lipinski definition) is 1. The van der Waals surface area contributed by atoms with Crippen LogP contribution < -0.4 is 14.2 Å². The van der Waals surface area contributed by atoms with E-state index in [2.05, 4.69) is 0 Å². The van der Waals surface area contributed by atoms with Gasteiger partial charge in [0.05, 0.1) is 24.3 Å². The standard InChI is InChI=1S/C17H18O4/c1-3-19-11-7-5-9-13-15(11)17(18)16-12(20-4-2)8-6-10-14(16)21-13/h5-10,17-18H,3-4H2,1-2H3. The third-order valence-electron chi connectivity index (χ3n) is 3.42. The number of aliphatic hydroxyl groups excluding tert-OH is 1. The summed E-state index contributed by atoms with van der Waals surface area (Å²) in [5.74, 6) is 2.52. The van der Waals surface area contributed by atoms with Gasteiger partial charge in [0.15, 0.2) is 0 Å². The van der Waals surface area contributed by atoms with E-state index in [9.17, 15) is 5.11 Å². The Balaban J connectivity index is 2.12. The van der Waals surface area contributed by atoms with Crippen LogP contribution in [0.15, 0.2) is 36.4 Å². The van der Waals surface area contributed by atoms with Crippen LogP contribution in [0, 0.1) is 0 Å². The van der Waals surface area contributed by atoms with Gasteiger partial charge in [0.2, 0.25) is 0 Å². The van der Waals surface area contributed by atoms with E-state index in [1.54, 1.807) is 0 Å². The lowest BCUT2D eigenvalue weighted by molar-refractivity contribution is 0.187. The van der Waals surface area contributed by atoms with Crippen LogP contribution in [0.1, 0.15) is 31.1 Å². The molecule has 21 heavy (non-hydrogen) atoms. The van der Waals surface area contributed by atoms with Gasteiger partial charge in [-0.2, -0.15) is 0 Å². The van der Waals surface area contributed by atoms with Crippen LogP contribution >= 0.6 is 0 Å². The molecule has 0 saturated heterocycles. The Hall–Kier alpha value is -2.20. The molecule has 0 spiro atoms. The van der Waals surface area contributed by atoms with Gasteiger partial charge in [-0.15, -0.1) is 0 Å². The van der Waals surface area contributed by atoms with E-state index in [1.165, 1.54) is 0 Å². The van der Waals surface area contributed by atoms with Crippen molar-refractivity contribution in [2.75, 3.05) is 13.2 Å². The summed E-state index contributed by atoms with van der Waals surface area (Å²) in [7, 11) is 0. The maximum absolute atomic E-state index is 10.8. The molecule has 0 amide bonds. The summed E-state index contributed by atoms with van der Waals surface area (Å²) >= 11 is 0. The normalized spacial score (nSPS) is 13.1. The zero-order chi connectivity index (χ0) is 14.8. The Morgan fingerprint density at radius 3 is 1.81 bits per heavy atom. The first-order valence-corrected chi connectivity index (χ1v) is 7.13. The van der Waals surface area contributed by atoms with E-state index in [4.69, 9.17) is 14.2 Å². The fourth-order valence-corrected chi connectivity index (χ4v) is 2.59. The highest BCUT2D eigenvalue weighted by Gasteiger charge is 2.31. The van der Waals surface area contributed by atoms with Gasteiger partial charge in [0, 0.05) is 0 Å². The molecule has 0 radical (unpaired) electrons. The average molecular weight is 286 g/mol. The van der Waals surface area contributed by atoms with Crippen molar-refractivity contribution < 1.29 is 19.3 Å². The molecule has 0 aromatic heterocycles. The molecule has 3 rings (SSSR count). The van der Waals surface area contributed by atoms with E-state index < -0.39 is 6.10 Å². The minimum absolute atomic E-state index is 0.531. The molecular weight excluding hydrogens is 268 g/mol. The molecule has 2 aromatic rings. The summed E-state index contributed by atoms with van der Waals surface area (Å²) in [5.41, 5.74) is 1.30. The van der Waals surface area contributed by atoms with Gasteiger partial charge in [-0.05, 0) is 38.1 Å². The molecule has 2 aromatic carbocycles. The molecule has 0 atom stereocenters. The number of rotatable bonds is 4. The van der Waals surface area contributed by atoms with Crippen LogP contribution in [0.5, 0.6) is 23.0 Å². The first kappa shape index (κ1) is 13.8. The second-order valence-electron chi connectivity index (χ2n) is 4.71. The van der Waals surface area contributed by atoms with Crippen molar-refractivity contribution >= 4 is 0 Å². The van der Waals surface area contributed by atoms with E-state index in [1.807, 2.05) is 50.2 Å². The van der Waals surface area contributed by atoms with Crippen LogP contribution in [-0.4, -0.2) is 18.3 Å². The number of fused-ring (bicyclic) bond motifs is 2. The summed E-state index contributed by atoms with van der Waals surface area (Å²) in [6, 6.07) is 11.0. The van der Waals surface area contributed by atoms with E-state index in [0.29, 0.717) is 47.3 Å². The van der Waals surface area contributed by atoms with E-state index in [0.717, 1.165) is 0 Å². The highest BCUT2D eigenvalue weighted by Crippen LogP contribution is 2.49. The number of hydrogen-bond acceptors (Lipinski definition) is 4. The van der Waals surface area contributed by atoms with Crippen molar-refractivity contribution in [1.82, 2.24) is 0 Å². The van der Waals surface area contributed by atoms with E-state index in [-0.39, 0.29) is 0 Å². The summed E-state index contributed by atoms with van der Waals surface area (Å²) in [6.07, 6.45) is -0.825. The van der Waals surface area contributed by atoms with Crippen molar-refractivity contribution in [2.45, 2.75) is 20.0 Å². The summed E-state index contributed by atoms with van der Waals surface area (Å²) in [6.45, 7) is 4.89. The zero-order valence-electron chi connectivity index (χ0n) is 12.1. The molecule has 1 N–H and O–H groups in total. The minimum Gasteiger partial charge on any atom is -0.493 e. The van der Waals surface area contributed by atoms with Crippen LogP contribution in [-0.2, 0) is 0 Å². The number of aliphatic hydroxyl groups is 1. The Kier molecular flexibility index (Phi) is 3.71. The lowest BCUT2D eigenvalue weighted by atomic mass is 9.95. The maximum atomic E-state index is 10.8. The lowest BCUT2D eigenvalue weighted by Gasteiger charge is -2.28. The van der Waals surface area contributed by atoms with Gasteiger partial charge < -0.3 is 19.3 Å². The Labute approximate surface area is 123 Å². The molecule has 4 nitrogen and oxygen atoms in total. The van der Waals surface area contributed by atoms with Gasteiger partial charge in [-0.1, -0.05) is 12.1 Å². The molecule has 0 saturated carbocycles. The number of benzene rings is 2. The van der Waals surface area contributed by atoms with Gasteiger partial charge in [-0.3, -0.25) is 0 Å². The summed E-state index contributed by atoms with van der Waals surface area (Å²) in [4.78, 5) is 0. The second-order valence-corrected chi connectivity index (χ2v) is 4.71. The molecule has 1 aliphatic rings. The fourth-order valence-electron chi connectivity index (χ4n) is 2.59. The highest BCUT2D eigenvalue weighted by atomic mass is 16.5. The van der Waals surface area contributed by atoms with Crippen LogP contribution in [0.25, 0.3) is 0 Å². The van der Waals surface area contributed by atoms with Crippen LogP contribution in [0.3, 0.4) is 0 Å². The molecule has 1 aliphatic heterocycles. The lowest BCUT2D eigenvalue weighted by Crippen LogP contribution is -2.13. The van der Waals surface area contributed by atoms with Gasteiger partial charge in [0.25, 0.3) is 0 Å². The minimum atomic E-state index is -0.825. The summed E-state index contributed by atoms with van der Waals surface area (Å²) in [5, 5.41) is 10.8. The first-order valence-electron chi connectivity index (χ1n) is 7.13. The molecule has 0 bridgehead atoms. The third-order valence-corrected chi connectivity index (χ3v) is 3.42. The second kappa shape index (κ2) is 5.66. The van der Waals surface area contributed by atoms with Gasteiger partial charge in [0.1, 0.15) is 29.1 Å². The van der Waals surface area contributed by atoms with Crippen LogP contribution in [0.4, 0.5) is 0 Å². The highest BCUT2D eigenvalue weighted by molar-refractivity contribution is 5.60. The van der Waals surface area contributed by atoms with Crippen molar-refractivity contribution in [3.05, 3.63) is 47.5 Å². The molecule has 0 fully saturated rings. The number of ether oxygens (including phenoxy) is 3. The zero-order valence-corrected chi connectivity index (χ0v) is 12.1. The molecule has 0 unspecified atom stereocenters. The van der Waals surface area contributed by atoms with Crippen molar-refractivity contribution in [2.24, 2.45) is 0 Å². The molecule has 4 heteroatoms. The van der Waals surface area contributed by atoms with Crippen molar-refractivity contribution in [3.8, 4) is 23.0 Å². The van der Waals surface area contributed by atoms with Crippen molar-refractivity contribution in [3.63, 3.8) is 0 Å². The predicted molar refractivity (Wildman–Crippen MR) is 79.4 cm³/mol. The van der Waals surface area contributed by atoms with Crippen LogP contribution in [0.2, 0.25) is 0 Å². The molecule has 0 aliphatic carbocycles. The summed E-state index contributed by atoms with van der Waals surface area (Å²) < 4.78 is 17.1. The maximum Gasteiger partial charge on any atom is 0.137 e.